The second kappa shape index (κ2) is 5.87. The molecule has 2 rings (SSSR count). The van der Waals surface area contributed by atoms with Crippen molar-refractivity contribution < 1.29 is 22.7 Å². The van der Waals surface area contributed by atoms with Gasteiger partial charge in [0.25, 0.3) is 0 Å². The first-order chi connectivity index (χ1) is 9.91. The van der Waals surface area contributed by atoms with Gasteiger partial charge in [0.2, 0.25) is 0 Å². The lowest BCUT2D eigenvalue weighted by Crippen LogP contribution is -2.30. The number of carbonyl (C=O) groups is 1. The molecule has 21 heavy (non-hydrogen) atoms. The van der Waals surface area contributed by atoms with E-state index in [9.17, 15) is 18.0 Å². The van der Waals surface area contributed by atoms with E-state index in [-0.39, 0.29) is 5.69 Å². The molecular weight excluding hydrogens is 283 g/mol. The van der Waals surface area contributed by atoms with Crippen molar-refractivity contribution in [3.8, 4) is 16.9 Å². The monoisotopic (exact) mass is 295 g/mol. The molecule has 0 unspecified atom stereocenters. The Kier molecular flexibility index (Phi) is 4.16. The van der Waals surface area contributed by atoms with Gasteiger partial charge in [-0.05, 0) is 23.8 Å². The number of hydrogen-bond acceptors (Lipinski definition) is 2. The summed E-state index contributed by atoms with van der Waals surface area (Å²) in [5, 5.41) is 1.88. The molecule has 2 aromatic carbocycles. The summed E-state index contributed by atoms with van der Waals surface area (Å²) in [6.45, 7) is 0. The second-order valence-electron chi connectivity index (χ2n) is 4.23. The van der Waals surface area contributed by atoms with Gasteiger partial charge in [-0.25, -0.2) is 0 Å². The molecule has 3 nitrogen and oxygen atoms in total. The van der Waals surface area contributed by atoms with Crippen molar-refractivity contribution in [2.45, 2.75) is 6.18 Å². The molecule has 0 heterocycles. The fraction of sp³-hybridized carbons (Fsp3) is 0.133. The molecule has 0 bridgehead atoms. The molecule has 0 spiro atoms. The molecule has 1 N–H and O–H groups in total. The molecule has 0 atom stereocenters. The number of hydrogen-bond donors (Lipinski definition) is 1. The molecule has 6 heteroatoms. The molecular formula is C15H12F3NO2. The number of methoxy groups -OCH3 is 1. The van der Waals surface area contributed by atoms with E-state index in [0.717, 1.165) is 0 Å². The van der Waals surface area contributed by atoms with Crippen LogP contribution < -0.4 is 10.1 Å². The highest BCUT2D eigenvalue weighted by Gasteiger charge is 2.38. The van der Waals surface area contributed by atoms with E-state index in [1.165, 1.54) is 13.2 Å². The van der Waals surface area contributed by atoms with E-state index >= 15 is 0 Å². The molecule has 0 saturated heterocycles. The Morgan fingerprint density at radius 2 is 1.81 bits per heavy atom. The van der Waals surface area contributed by atoms with Crippen LogP contribution in [0.2, 0.25) is 0 Å². The minimum Gasteiger partial charge on any atom is -0.497 e. The van der Waals surface area contributed by atoms with E-state index in [0.29, 0.717) is 16.9 Å². The summed E-state index contributed by atoms with van der Waals surface area (Å²) in [7, 11) is 1.50. The number of alkyl halides is 3. The maximum atomic E-state index is 12.4. The zero-order chi connectivity index (χ0) is 15.5. The molecule has 1 amide bonds. The first-order valence-corrected chi connectivity index (χ1v) is 6.03. The van der Waals surface area contributed by atoms with Gasteiger partial charge < -0.3 is 10.1 Å². The lowest BCUT2D eigenvalue weighted by atomic mass is 10.0. The SMILES string of the molecule is COc1cccc(-c2ccccc2NC(=O)C(F)(F)F)c1. The normalized spacial score (nSPS) is 11.0. The number of anilines is 1. The van der Waals surface area contributed by atoms with Crippen LogP contribution in [0.5, 0.6) is 5.75 Å². The van der Waals surface area contributed by atoms with Crippen LogP contribution in [0.3, 0.4) is 0 Å². The van der Waals surface area contributed by atoms with Gasteiger partial charge in [0.1, 0.15) is 5.75 Å². The number of halogens is 3. The molecule has 0 radical (unpaired) electrons. The van der Waals surface area contributed by atoms with Crippen LogP contribution in [-0.2, 0) is 4.79 Å². The first-order valence-electron chi connectivity index (χ1n) is 6.03. The van der Waals surface area contributed by atoms with Crippen molar-refractivity contribution in [3.05, 3.63) is 48.5 Å². The molecule has 0 saturated carbocycles. The number of benzene rings is 2. The lowest BCUT2D eigenvalue weighted by molar-refractivity contribution is -0.167. The number of rotatable bonds is 3. The van der Waals surface area contributed by atoms with Crippen LogP contribution in [-0.4, -0.2) is 19.2 Å². The Bertz CT molecular complexity index is 653. The Morgan fingerprint density at radius 1 is 1.10 bits per heavy atom. The highest BCUT2D eigenvalue weighted by Crippen LogP contribution is 2.31. The van der Waals surface area contributed by atoms with Gasteiger partial charge in [-0.15, -0.1) is 0 Å². The zero-order valence-electron chi connectivity index (χ0n) is 11.1. The van der Waals surface area contributed by atoms with Crippen LogP contribution in [0.1, 0.15) is 0 Å². The Hall–Kier alpha value is -2.50. The zero-order valence-corrected chi connectivity index (χ0v) is 11.1. The Morgan fingerprint density at radius 3 is 2.48 bits per heavy atom. The minimum atomic E-state index is -4.93. The summed E-state index contributed by atoms with van der Waals surface area (Å²) in [6, 6.07) is 13.1. The number of para-hydroxylation sites is 1. The van der Waals surface area contributed by atoms with E-state index in [2.05, 4.69) is 0 Å². The largest absolute Gasteiger partial charge is 0.497 e. The molecule has 0 aliphatic heterocycles. The van der Waals surface area contributed by atoms with Gasteiger partial charge in [-0.2, -0.15) is 13.2 Å². The van der Waals surface area contributed by atoms with Gasteiger partial charge in [-0.3, -0.25) is 4.79 Å². The highest BCUT2D eigenvalue weighted by molar-refractivity contribution is 5.98. The second-order valence-corrected chi connectivity index (χ2v) is 4.23. The average Bonchev–Trinajstić information content (AvgIpc) is 2.47. The number of carbonyl (C=O) groups excluding carboxylic acids is 1. The topological polar surface area (TPSA) is 38.3 Å². The van der Waals surface area contributed by atoms with Gasteiger partial charge in [-0.1, -0.05) is 30.3 Å². The van der Waals surface area contributed by atoms with Gasteiger partial charge >= 0.3 is 12.1 Å². The predicted molar refractivity (Wildman–Crippen MR) is 73.1 cm³/mol. The first kappa shape index (κ1) is 14.9. The van der Waals surface area contributed by atoms with E-state index in [1.54, 1.807) is 42.5 Å². The third-order valence-corrected chi connectivity index (χ3v) is 2.81. The summed E-state index contributed by atoms with van der Waals surface area (Å²) in [5.41, 5.74) is 1.22. The van der Waals surface area contributed by atoms with Crippen molar-refractivity contribution in [2.24, 2.45) is 0 Å². The number of amides is 1. The summed E-state index contributed by atoms with van der Waals surface area (Å²) in [6.07, 6.45) is -4.93. The van der Waals surface area contributed by atoms with Crippen molar-refractivity contribution in [2.75, 3.05) is 12.4 Å². The van der Waals surface area contributed by atoms with Crippen LogP contribution in [0.15, 0.2) is 48.5 Å². The molecule has 0 fully saturated rings. The smallest absolute Gasteiger partial charge is 0.471 e. The van der Waals surface area contributed by atoms with Crippen LogP contribution in [0, 0.1) is 0 Å². The molecule has 2 aromatic rings. The highest BCUT2D eigenvalue weighted by atomic mass is 19.4. The van der Waals surface area contributed by atoms with Gasteiger partial charge in [0.05, 0.1) is 7.11 Å². The van der Waals surface area contributed by atoms with Crippen molar-refractivity contribution in [3.63, 3.8) is 0 Å². The summed E-state index contributed by atoms with van der Waals surface area (Å²) in [5.74, 6) is -1.43. The molecule has 0 aliphatic rings. The molecule has 0 aromatic heterocycles. The average molecular weight is 295 g/mol. The van der Waals surface area contributed by atoms with Gasteiger partial charge in [0, 0.05) is 11.3 Å². The summed E-state index contributed by atoms with van der Waals surface area (Å²) >= 11 is 0. The lowest BCUT2D eigenvalue weighted by Gasteiger charge is -2.13. The standard InChI is InChI=1S/C15H12F3NO2/c1-21-11-6-4-5-10(9-11)12-7-2-3-8-13(12)19-14(20)15(16,17)18/h2-9H,1H3,(H,19,20). The Balaban J connectivity index is 2.39. The fourth-order valence-corrected chi connectivity index (χ4v) is 1.83. The number of nitrogens with one attached hydrogen (secondary N) is 1. The third-order valence-electron chi connectivity index (χ3n) is 2.81. The third kappa shape index (κ3) is 3.53. The molecule has 110 valence electrons. The van der Waals surface area contributed by atoms with E-state index < -0.39 is 12.1 Å². The summed E-state index contributed by atoms with van der Waals surface area (Å²) < 4.78 is 42.2. The quantitative estimate of drug-likeness (QED) is 0.933. The predicted octanol–water partition coefficient (Wildman–Crippen LogP) is 3.86. The van der Waals surface area contributed by atoms with Crippen LogP contribution in [0.25, 0.3) is 11.1 Å². The number of ether oxygens (including phenoxy) is 1. The maximum absolute atomic E-state index is 12.4. The van der Waals surface area contributed by atoms with Gasteiger partial charge in [0.15, 0.2) is 0 Å². The summed E-state index contributed by atoms with van der Waals surface area (Å²) in [4.78, 5) is 11.1. The van der Waals surface area contributed by atoms with Crippen LogP contribution >= 0.6 is 0 Å². The van der Waals surface area contributed by atoms with E-state index in [4.69, 9.17) is 4.74 Å². The van der Waals surface area contributed by atoms with E-state index in [1.807, 2.05) is 5.32 Å². The minimum absolute atomic E-state index is 0.0908. The molecule has 0 aliphatic carbocycles. The van der Waals surface area contributed by atoms with Crippen molar-refractivity contribution in [1.82, 2.24) is 0 Å². The fourth-order valence-electron chi connectivity index (χ4n) is 1.83. The maximum Gasteiger partial charge on any atom is 0.471 e. The van der Waals surface area contributed by atoms with Crippen molar-refractivity contribution in [1.29, 1.82) is 0 Å². The van der Waals surface area contributed by atoms with Crippen LogP contribution in [0.4, 0.5) is 18.9 Å². The Labute approximate surface area is 119 Å². The van der Waals surface area contributed by atoms with Crippen molar-refractivity contribution >= 4 is 11.6 Å².